The fourth-order valence-electron chi connectivity index (χ4n) is 0.516. The molecule has 1 fully saturated rings. The van der Waals surface area contributed by atoms with Crippen molar-refractivity contribution in [3.63, 3.8) is 0 Å². The molecule has 1 rings (SSSR count). The highest BCUT2D eigenvalue weighted by Crippen LogP contribution is 1.76. The van der Waals surface area contributed by atoms with Gasteiger partial charge in [-0.15, -0.1) is 0 Å². The molecule has 5 heteroatoms. The maximum absolute atomic E-state index is 9.34. The first-order valence-corrected chi connectivity index (χ1v) is 3.45. The number of ether oxygens (including phenoxy) is 1. The lowest BCUT2D eigenvalue weighted by Gasteiger charge is -2.10. The number of carbonyl (C=O) groups is 1. The Hall–Kier alpha value is -0.650. The molecular formula is C6H14N2O3. The molecule has 1 saturated heterocycles. The molecule has 0 radical (unpaired) electrons. The predicted octanol–water partition coefficient (Wildman–Crippen LogP) is -1.93. The van der Waals surface area contributed by atoms with E-state index in [1.807, 2.05) is 0 Å². The summed E-state index contributed by atoms with van der Waals surface area (Å²) in [7, 11) is 0. The number of aliphatic hydroxyl groups is 1. The summed E-state index contributed by atoms with van der Waals surface area (Å²) in [5.41, 5.74) is 4.40. The van der Waals surface area contributed by atoms with Gasteiger partial charge >= 0.3 is 0 Å². The van der Waals surface area contributed by atoms with Crippen LogP contribution in [-0.4, -0.2) is 43.9 Å². The smallest absolute Gasteiger partial charge is 0.243 e. The maximum atomic E-state index is 9.34. The second-order valence-corrected chi connectivity index (χ2v) is 1.99. The molecule has 1 heterocycles. The van der Waals surface area contributed by atoms with Crippen molar-refractivity contribution in [1.29, 1.82) is 0 Å². The lowest BCUT2D eigenvalue weighted by Crippen LogP contribution is -2.30. The first-order valence-electron chi connectivity index (χ1n) is 3.45. The van der Waals surface area contributed by atoms with Gasteiger partial charge in [-0.3, -0.25) is 4.79 Å². The van der Waals surface area contributed by atoms with Crippen LogP contribution >= 0.6 is 0 Å². The minimum atomic E-state index is -0.690. The Morgan fingerprint density at radius 1 is 1.55 bits per heavy atom. The van der Waals surface area contributed by atoms with Crippen LogP contribution in [0.4, 0.5) is 0 Å². The van der Waals surface area contributed by atoms with Crippen LogP contribution < -0.4 is 11.1 Å². The molecule has 0 saturated carbocycles. The zero-order chi connectivity index (χ0) is 8.53. The Labute approximate surface area is 65.5 Å². The van der Waals surface area contributed by atoms with E-state index < -0.39 is 12.5 Å². The van der Waals surface area contributed by atoms with E-state index in [-0.39, 0.29) is 0 Å². The van der Waals surface area contributed by atoms with Crippen molar-refractivity contribution in [3.8, 4) is 0 Å². The fourth-order valence-corrected chi connectivity index (χ4v) is 0.516. The molecule has 0 bridgehead atoms. The summed E-state index contributed by atoms with van der Waals surface area (Å²) in [5, 5.41) is 10.8. The van der Waals surface area contributed by atoms with Crippen molar-refractivity contribution < 1.29 is 14.6 Å². The molecule has 5 nitrogen and oxygen atoms in total. The first kappa shape index (κ1) is 10.3. The fraction of sp³-hybridized carbons (Fsp3) is 0.833. The Kier molecular flexibility index (Phi) is 7.02. The van der Waals surface area contributed by atoms with Gasteiger partial charge in [0.25, 0.3) is 0 Å². The number of nitrogens with one attached hydrogen (secondary N) is 1. The minimum absolute atomic E-state index is 0.556. The molecule has 66 valence electrons. The van der Waals surface area contributed by atoms with Gasteiger partial charge in [0.15, 0.2) is 0 Å². The summed E-state index contributed by atoms with van der Waals surface area (Å²) in [6, 6.07) is 0. The number of amides is 1. The lowest BCUT2D eigenvalue weighted by molar-refractivity contribution is -0.120. The average Bonchev–Trinajstić information content (AvgIpc) is 2.09. The topological polar surface area (TPSA) is 84.6 Å². The average molecular weight is 162 g/mol. The molecule has 0 aromatic rings. The van der Waals surface area contributed by atoms with Crippen LogP contribution in [0.3, 0.4) is 0 Å². The Balaban J connectivity index is 0.000000187. The number of rotatable bonds is 1. The quantitative estimate of drug-likeness (QED) is 0.419. The van der Waals surface area contributed by atoms with E-state index in [4.69, 9.17) is 9.84 Å². The molecule has 4 N–H and O–H groups in total. The molecule has 1 aliphatic rings. The maximum Gasteiger partial charge on any atom is 0.243 e. The van der Waals surface area contributed by atoms with Gasteiger partial charge in [-0.1, -0.05) is 0 Å². The summed E-state index contributed by atoms with van der Waals surface area (Å²) in [6.07, 6.45) is 0. The zero-order valence-corrected chi connectivity index (χ0v) is 6.38. The van der Waals surface area contributed by atoms with Crippen LogP contribution in [0.25, 0.3) is 0 Å². The lowest BCUT2D eigenvalue weighted by atomic mass is 10.5. The number of carbonyl (C=O) groups excluding carboxylic acids is 1. The number of nitrogens with two attached hydrogens (primary N) is 1. The molecule has 11 heavy (non-hydrogen) atoms. The van der Waals surface area contributed by atoms with Crippen LogP contribution in [0.15, 0.2) is 0 Å². The van der Waals surface area contributed by atoms with Crippen molar-refractivity contribution >= 4 is 5.91 Å². The minimum Gasteiger partial charge on any atom is -0.387 e. The third-order valence-corrected chi connectivity index (χ3v) is 1.00. The van der Waals surface area contributed by atoms with Gasteiger partial charge in [0, 0.05) is 13.1 Å². The molecule has 1 aliphatic heterocycles. The van der Waals surface area contributed by atoms with E-state index in [1.165, 1.54) is 0 Å². The van der Waals surface area contributed by atoms with Gasteiger partial charge in [0.1, 0.15) is 6.61 Å². The second kappa shape index (κ2) is 7.46. The van der Waals surface area contributed by atoms with E-state index in [9.17, 15) is 4.79 Å². The summed E-state index contributed by atoms with van der Waals surface area (Å²) in [6.45, 7) is 3.28. The van der Waals surface area contributed by atoms with Crippen molar-refractivity contribution in [2.75, 3.05) is 32.9 Å². The summed E-state index contributed by atoms with van der Waals surface area (Å²) < 4.78 is 5.01. The normalized spacial score (nSPS) is 16.5. The van der Waals surface area contributed by atoms with Crippen molar-refractivity contribution in [2.45, 2.75) is 0 Å². The highest BCUT2D eigenvalue weighted by atomic mass is 16.5. The Morgan fingerprint density at radius 2 is 2.00 bits per heavy atom. The van der Waals surface area contributed by atoms with E-state index in [1.54, 1.807) is 0 Å². The van der Waals surface area contributed by atoms with E-state index in [0.717, 1.165) is 26.3 Å². The van der Waals surface area contributed by atoms with Crippen LogP contribution in [0.2, 0.25) is 0 Å². The van der Waals surface area contributed by atoms with Gasteiger partial charge in [-0.2, -0.15) is 0 Å². The molecule has 0 aliphatic carbocycles. The molecule has 0 spiro atoms. The molecule has 1 amide bonds. The van der Waals surface area contributed by atoms with Crippen molar-refractivity contribution in [1.82, 2.24) is 5.32 Å². The van der Waals surface area contributed by atoms with Crippen LogP contribution in [0.1, 0.15) is 0 Å². The summed E-state index contributed by atoms with van der Waals surface area (Å²) in [5.74, 6) is -0.690. The molecule has 0 aromatic carbocycles. The number of morpholine rings is 1. The van der Waals surface area contributed by atoms with E-state index in [2.05, 4.69) is 11.1 Å². The van der Waals surface area contributed by atoms with Crippen LogP contribution in [-0.2, 0) is 9.53 Å². The van der Waals surface area contributed by atoms with Crippen LogP contribution in [0.5, 0.6) is 0 Å². The number of hydrogen-bond acceptors (Lipinski definition) is 4. The number of hydrogen-bond donors (Lipinski definition) is 3. The predicted molar refractivity (Wildman–Crippen MR) is 40.0 cm³/mol. The molecule has 0 unspecified atom stereocenters. The van der Waals surface area contributed by atoms with Crippen molar-refractivity contribution in [3.05, 3.63) is 0 Å². The van der Waals surface area contributed by atoms with E-state index in [0.29, 0.717) is 0 Å². The van der Waals surface area contributed by atoms with Gasteiger partial charge in [0.05, 0.1) is 13.2 Å². The highest BCUT2D eigenvalue weighted by Gasteiger charge is 1.92. The van der Waals surface area contributed by atoms with Crippen LogP contribution in [0, 0.1) is 0 Å². The van der Waals surface area contributed by atoms with Gasteiger partial charge in [-0.05, 0) is 0 Å². The first-order chi connectivity index (χ1) is 5.27. The standard InChI is InChI=1S/C4H9NO.C2H5NO2/c1-3-6-4-2-5-1;3-2(5)1-4/h5H,1-4H2;4H,1H2,(H2,3,5). The number of aliphatic hydroxyl groups excluding tert-OH is 1. The molecular weight excluding hydrogens is 148 g/mol. The SMILES string of the molecule is C1COCCN1.NC(=O)CO. The Morgan fingerprint density at radius 3 is 2.09 bits per heavy atom. The van der Waals surface area contributed by atoms with Gasteiger partial charge < -0.3 is 20.9 Å². The van der Waals surface area contributed by atoms with Crippen molar-refractivity contribution in [2.24, 2.45) is 5.73 Å². The van der Waals surface area contributed by atoms with Gasteiger partial charge in [-0.25, -0.2) is 0 Å². The summed E-state index contributed by atoms with van der Waals surface area (Å²) in [4.78, 5) is 9.34. The monoisotopic (exact) mass is 162 g/mol. The van der Waals surface area contributed by atoms with E-state index >= 15 is 0 Å². The largest absolute Gasteiger partial charge is 0.387 e. The third-order valence-electron chi connectivity index (χ3n) is 1.00. The molecule has 0 aromatic heterocycles. The Bertz CT molecular complexity index is 92.5. The second-order valence-electron chi connectivity index (χ2n) is 1.99. The highest BCUT2D eigenvalue weighted by molar-refractivity contribution is 5.74. The number of primary amides is 1. The van der Waals surface area contributed by atoms with Gasteiger partial charge in [0.2, 0.25) is 5.91 Å². The molecule has 0 atom stereocenters. The third kappa shape index (κ3) is 9.35. The zero-order valence-electron chi connectivity index (χ0n) is 6.38. The summed E-state index contributed by atoms with van der Waals surface area (Å²) >= 11 is 0.